The van der Waals surface area contributed by atoms with Crippen LogP contribution in [0.25, 0.3) is 0 Å². The maximum absolute atomic E-state index is 14.7. The molecule has 0 amide bonds. The van der Waals surface area contributed by atoms with Crippen molar-refractivity contribution in [2.24, 2.45) is 5.92 Å². The highest BCUT2D eigenvalue weighted by molar-refractivity contribution is 5.40. The molecule has 0 fully saturated rings. The van der Waals surface area contributed by atoms with Crippen LogP contribution in [0.2, 0.25) is 0 Å². The van der Waals surface area contributed by atoms with Crippen molar-refractivity contribution < 1.29 is 23.0 Å². The number of para-hydroxylation sites is 1. The van der Waals surface area contributed by atoms with Gasteiger partial charge < -0.3 is 9.84 Å². The highest BCUT2D eigenvalue weighted by Crippen LogP contribution is 2.35. The quantitative estimate of drug-likeness (QED) is 0.446. The first-order chi connectivity index (χ1) is 13.9. The molecule has 30 heavy (non-hydrogen) atoms. The van der Waals surface area contributed by atoms with E-state index in [-0.39, 0.29) is 24.3 Å². The number of nitrogens with zero attached hydrogens (tertiary/aromatic N) is 1. The number of rotatable bonds is 9. The number of halogens is 3. The van der Waals surface area contributed by atoms with Crippen molar-refractivity contribution in [2.75, 3.05) is 6.61 Å². The molecule has 0 bridgehead atoms. The van der Waals surface area contributed by atoms with Crippen LogP contribution in [0.4, 0.5) is 13.2 Å². The van der Waals surface area contributed by atoms with E-state index in [1.54, 1.807) is 24.3 Å². The largest absolute Gasteiger partial charge is 0.490 e. The lowest BCUT2D eigenvalue weighted by atomic mass is 9.91. The van der Waals surface area contributed by atoms with Crippen LogP contribution in [0.1, 0.15) is 32.8 Å². The van der Waals surface area contributed by atoms with E-state index in [9.17, 15) is 23.5 Å². The molecule has 0 saturated carbocycles. The zero-order valence-electron chi connectivity index (χ0n) is 17.3. The molecule has 2 rings (SSSR count). The number of alkyl halides is 3. The van der Waals surface area contributed by atoms with Crippen molar-refractivity contribution in [2.45, 2.75) is 50.6 Å². The van der Waals surface area contributed by atoms with E-state index in [1.807, 2.05) is 6.07 Å². The smallest absolute Gasteiger partial charge is 0.251 e. The third-order valence-corrected chi connectivity index (χ3v) is 5.11. The third kappa shape index (κ3) is 5.74. The number of aliphatic hydroxyl groups is 1. The van der Waals surface area contributed by atoms with Crippen molar-refractivity contribution in [3.8, 4) is 11.8 Å². The molecule has 0 aromatic heterocycles. The second kappa shape index (κ2) is 9.07. The number of nitriles is 1. The molecule has 0 heterocycles. The molecule has 1 aromatic carbocycles. The minimum Gasteiger partial charge on any atom is -0.490 e. The Balaban J connectivity index is 2.08. The first-order valence-corrected chi connectivity index (χ1v) is 9.60. The van der Waals surface area contributed by atoms with Crippen LogP contribution >= 0.6 is 0 Å². The summed E-state index contributed by atoms with van der Waals surface area (Å²) in [6, 6.07) is 8.55. The van der Waals surface area contributed by atoms with E-state index in [1.165, 1.54) is 32.1 Å². The van der Waals surface area contributed by atoms with Crippen LogP contribution < -0.4 is 10.1 Å². The average Bonchev–Trinajstić information content (AvgIpc) is 2.72. The summed E-state index contributed by atoms with van der Waals surface area (Å²) in [5.74, 6) is -3.53. The Labute approximate surface area is 175 Å². The number of benzene rings is 1. The molecule has 7 heteroatoms. The summed E-state index contributed by atoms with van der Waals surface area (Å²) in [7, 11) is 0. The van der Waals surface area contributed by atoms with E-state index < -0.39 is 29.3 Å². The van der Waals surface area contributed by atoms with Gasteiger partial charge in [0.15, 0.2) is 5.67 Å². The van der Waals surface area contributed by atoms with E-state index in [0.29, 0.717) is 5.57 Å². The Kier molecular flexibility index (Phi) is 7.17. The normalized spacial score (nSPS) is 21.5. The van der Waals surface area contributed by atoms with Crippen LogP contribution in [0.3, 0.4) is 0 Å². The molecule has 162 valence electrons. The minimum absolute atomic E-state index is 0.0812. The predicted molar refractivity (Wildman–Crippen MR) is 110 cm³/mol. The van der Waals surface area contributed by atoms with Gasteiger partial charge in [-0.2, -0.15) is 5.26 Å². The third-order valence-electron chi connectivity index (χ3n) is 5.11. The van der Waals surface area contributed by atoms with Gasteiger partial charge in [-0.05, 0) is 38.8 Å². The summed E-state index contributed by atoms with van der Waals surface area (Å²) in [5, 5.41) is 22.8. The topological polar surface area (TPSA) is 65.3 Å². The van der Waals surface area contributed by atoms with Gasteiger partial charge in [0.2, 0.25) is 0 Å². The van der Waals surface area contributed by atoms with Gasteiger partial charge in [0.05, 0.1) is 6.07 Å². The number of allylic oxidation sites excluding steroid dienone is 3. The van der Waals surface area contributed by atoms with E-state index in [2.05, 4.69) is 11.9 Å². The van der Waals surface area contributed by atoms with Crippen molar-refractivity contribution in [1.29, 1.82) is 5.26 Å². The number of nitrogens with one attached hydrogen (secondary N) is 1. The second-order valence-electron chi connectivity index (χ2n) is 7.92. The average molecular weight is 420 g/mol. The second-order valence-corrected chi connectivity index (χ2v) is 7.92. The maximum Gasteiger partial charge on any atom is 0.251 e. The van der Waals surface area contributed by atoms with Gasteiger partial charge in [-0.3, -0.25) is 5.32 Å². The fraction of sp³-hybridized carbons (Fsp3) is 0.435. The van der Waals surface area contributed by atoms with Crippen molar-refractivity contribution >= 4 is 0 Å². The highest BCUT2D eigenvalue weighted by Gasteiger charge is 2.34. The molecule has 1 aliphatic carbocycles. The lowest BCUT2D eigenvalue weighted by molar-refractivity contribution is -0.0205. The van der Waals surface area contributed by atoms with Crippen molar-refractivity contribution in [3.05, 3.63) is 66.3 Å². The molecule has 1 aromatic rings. The number of hydrogen-bond acceptors (Lipinski definition) is 4. The molecule has 4 nitrogen and oxygen atoms in total. The molecular formula is C23H27F3N2O2. The molecule has 0 saturated heterocycles. The molecule has 3 unspecified atom stereocenters. The Morgan fingerprint density at radius 3 is 2.53 bits per heavy atom. The van der Waals surface area contributed by atoms with E-state index in [4.69, 9.17) is 4.74 Å². The summed E-state index contributed by atoms with van der Waals surface area (Å²) in [5.41, 5.74) is -2.49. The SMILES string of the molecule is C=C[C@@](C)(F)c1ccccc1OCC(C)(C#N)NC(O)C1=CCC(C(C)(F)F)C=C1. The molecule has 0 aliphatic heterocycles. The van der Waals surface area contributed by atoms with Gasteiger partial charge in [0.25, 0.3) is 5.92 Å². The Morgan fingerprint density at radius 1 is 1.33 bits per heavy atom. The Hall–Kier alpha value is -2.56. The Bertz CT molecular complexity index is 868. The molecule has 0 radical (unpaired) electrons. The molecule has 2 N–H and O–H groups in total. The van der Waals surface area contributed by atoms with Gasteiger partial charge in [0, 0.05) is 11.5 Å². The lowest BCUT2D eigenvalue weighted by Gasteiger charge is -2.30. The minimum atomic E-state index is -2.85. The number of ether oxygens (including phenoxy) is 1. The van der Waals surface area contributed by atoms with Crippen molar-refractivity contribution in [1.82, 2.24) is 5.32 Å². The first-order valence-electron chi connectivity index (χ1n) is 9.60. The summed E-state index contributed by atoms with van der Waals surface area (Å²) in [4.78, 5) is 0. The Morgan fingerprint density at radius 2 is 2.00 bits per heavy atom. The van der Waals surface area contributed by atoms with Gasteiger partial charge >= 0.3 is 0 Å². The fourth-order valence-electron chi connectivity index (χ4n) is 3.04. The molecular weight excluding hydrogens is 393 g/mol. The zero-order chi connectivity index (χ0) is 22.6. The number of aliphatic hydroxyl groups excluding tert-OH is 1. The first kappa shape index (κ1) is 23.7. The van der Waals surface area contributed by atoms with Crippen LogP contribution in [0.5, 0.6) is 5.75 Å². The summed E-state index contributed by atoms with van der Waals surface area (Å²) >= 11 is 0. The molecule has 0 spiro atoms. The zero-order valence-corrected chi connectivity index (χ0v) is 17.3. The molecule has 1 aliphatic rings. The van der Waals surface area contributed by atoms with E-state index in [0.717, 1.165) is 13.0 Å². The monoisotopic (exact) mass is 420 g/mol. The lowest BCUT2D eigenvalue weighted by Crippen LogP contribution is -2.51. The number of hydrogen-bond donors (Lipinski definition) is 2. The van der Waals surface area contributed by atoms with Gasteiger partial charge in [-0.15, -0.1) is 0 Å². The van der Waals surface area contributed by atoms with Gasteiger partial charge in [-0.25, -0.2) is 13.2 Å². The summed E-state index contributed by atoms with van der Waals surface area (Å²) in [6.45, 7) is 7.04. The van der Waals surface area contributed by atoms with Crippen LogP contribution in [0.15, 0.2) is 60.7 Å². The summed E-state index contributed by atoms with van der Waals surface area (Å²) < 4.78 is 47.2. The molecule has 4 atom stereocenters. The fourth-order valence-corrected chi connectivity index (χ4v) is 3.04. The van der Waals surface area contributed by atoms with Crippen LogP contribution in [0, 0.1) is 17.2 Å². The highest BCUT2D eigenvalue weighted by atomic mass is 19.3. The maximum atomic E-state index is 14.7. The van der Waals surface area contributed by atoms with Gasteiger partial charge in [-0.1, -0.05) is 49.1 Å². The summed E-state index contributed by atoms with van der Waals surface area (Å²) in [6.07, 6.45) is 4.29. The van der Waals surface area contributed by atoms with Crippen molar-refractivity contribution in [3.63, 3.8) is 0 Å². The standard InChI is InChI=1S/C23H27F3N2O2/c1-5-22(3,24)18-8-6-7-9-19(18)30-15-21(2,14-27)28-20(29)16-10-12-17(13-11-16)23(4,25)26/h5-12,17,20,28-29H,1,13,15H2,2-4H3/t17?,20?,21?,22-/m1/s1. The van der Waals surface area contributed by atoms with Gasteiger partial charge in [0.1, 0.15) is 24.1 Å². The van der Waals surface area contributed by atoms with E-state index >= 15 is 0 Å². The van der Waals surface area contributed by atoms with Crippen LogP contribution in [-0.4, -0.2) is 29.4 Å². The van der Waals surface area contributed by atoms with Crippen LogP contribution in [-0.2, 0) is 5.67 Å². The predicted octanol–water partition coefficient (Wildman–Crippen LogP) is 4.78.